The number of carbonyl (C=O) groups is 1. The summed E-state index contributed by atoms with van der Waals surface area (Å²) in [5, 5.41) is 7.24. The van der Waals surface area contributed by atoms with Crippen LogP contribution in [0.25, 0.3) is 16.9 Å². The lowest BCUT2D eigenvalue weighted by molar-refractivity contribution is -0.128. The maximum atomic E-state index is 13.0. The van der Waals surface area contributed by atoms with E-state index in [1.165, 1.54) is 24.3 Å². The van der Waals surface area contributed by atoms with E-state index < -0.39 is 12.1 Å². The number of carbonyl (C=O) groups excluding carboxylic acids is 1. The quantitative estimate of drug-likeness (QED) is 0.477. The summed E-state index contributed by atoms with van der Waals surface area (Å²) in [5.41, 5.74) is 2.28. The molecular formula is C23H22FN5O3. The number of amides is 1. The van der Waals surface area contributed by atoms with Gasteiger partial charge in [0.15, 0.2) is 17.6 Å². The number of methoxy groups -OCH3 is 1. The van der Waals surface area contributed by atoms with Crippen LogP contribution in [0.2, 0.25) is 0 Å². The van der Waals surface area contributed by atoms with Crippen LogP contribution < -0.4 is 14.8 Å². The number of benzene rings is 2. The van der Waals surface area contributed by atoms with E-state index in [-0.39, 0.29) is 11.7 Å². The zero-order valence-corrected chi connectivity index (χ0v) is 17.8. The SMILES string of the molecule is COc1ccc(-c2cc3nc([C@@H](C)NC(=O)C(C)Oc4ccc(F)cc4)nn3cn2)cc1. The second-order valence-electron chi connectivity index (χ2n) is 7.22. The Morgan fingerprint density at radius 3 is 2.44 bits per heavy atom. The normalized spacial score (nSPS) is 12.9. The Labute approximate surface area is 184 Å². The van der Waals surface area contributed by atoms with Crippen LogP contribution in [0, 0.1) is 5.82 Å². The third kappa shape index (κ3) is 4.66. The van der Waals surface area contributed by atoms with Crippen LogP contribution in [0.4, 0.5) is 4.39 Å². The monoisotopic (exact) mass is 435 g/mol. The van der Waals surface area contributed by atoms with Crippen molar-refractivity contribution >= 4 is 11.6 Å². The molecule has 0 saturated carbocycles. The lowest BCUT2D eigenvalue weighted by Crippen LogP contribution is -2.38. The Morgan fingerprint density at radius 1 is 1.06 bits per heavy atom. The molecule has 9 heteroatoms. The zero-order valence-electron chi connectivity index (χ0n) is 17.8. The summed E-state index contributed by atoms with van der Waals surface area (Å²) in [5.74, 6) is 0.913. The number of rotatable bonds is 7. The fourth-order valence-electron chi connectivity index (χ4n) is 3.08. The van der Waals surface area contributed by atoms with E-state index >= 15 is 0 Å². The van der Waals surface area contributed by atoms with Crippen molar-refractivity contribution in [3.8, 4) is 22.8 Å². The standard InChI is InChI=1S/C23H22FN5O3/c1-14(26-23(30)15(2)32-19-10-6-17(24)7-11-19)22-27-21-12-20(25-13-29(21)28-22)16-4-8-18(31-3)9-5-16/h4-15H,1-3H3,(H,26,30)/t14-,15?/m1/s1. The molecule has 0 aliphatic rings. The van der Waals surface area contributed by atoms with E-state index in [1.54, 1.807) is 31.8 Å². The summed E-state index contributed by atoms with van der Waals surface area (Å²) in [6, 6.07) is 14.4. The fraction of sp³-hybridized carbons (Fsp3) is 0.217. The molecule has 2 heterocycles. The molecule has 2 aromatic carbocycles. The van der Waals surface area contributed by atoms with Gasteiger partial charge >= 0.3 is 0 Å². The Balaban J connectivity index is 1.45. The van der Waals surface area contributed by atoms with Crippen LogP contribution in [-0.2, 0) is 4.79 Å². The number of hydrogen-bond donors (Lipinski definition) is 1. The molecule has 32 heavy (non-hydrogen) atoms. The average molecular weight is 435 g/mol. The third-order valence-corrected chi connectivity index (χ3v) is 4.87. The number of hydrogen-bond acceptors (Lipinski definition) is 6. The molecule has 0 spiro atoms. The number of ether oxygens (including phenoxy) is 2. The maximum absolute atomic E-state index is 13.0. The molecule has 2 atom stereocenters. The Morgan fingerprint density at radius 2 is 1.75 bits per heavy atom. The molecule has 1 amide bonds. The van der Waals surface area contributed by atoms with Crippen molar-refractivity contribution < 1.29 is 18.7 Å². The van der Waals surface area contributed by atoms with Gasteiger partial charge < -0.3 is 14.8 Å². The highest BCUT2D eigenvalue weighted by Crippen LogP contribution is 2.22. The number of nitrogens with one attached hydrogen (secondary N) is 1. The summed E-state index contributed by atoms with van der Waals surface area (Å²) in [7, 11) is 1.62. The molecular weight excluding hydrogens is 413 g/mol. The lowest BCUT2D eigenvalue weighted by atomic mass is 10.1. The van der Waals surface area contributed by atoms with Gasteiger partial charge in [-0.3, -0.25) is 4.79 Å². The van der Waals surface area contributed by atoms with Gasteiger partial charge in [-0.15, -0.1) is 5.10 Å². The van der Waals surface area contributed by atoms with Crippen molar-refractivity contribution in [3.63, 3.8) is 0 Å². The minimum Gasteiger partial charge on any atom is -0.497 e. The van der Waals surface area contributed by atoms with Crippen LogP contribution in [0.3, 0.4) is 0 Å². The molecule has 4 rings (SSSR count). The Bertz CT molecular complexity index is 1220. The number of fused-ring (bicyclic) bond motifs is 1. The zero-order chi connectivity index (χ0) is 22.7. The number of halogens is 1. The second kappa shape index (κ2) is 9.01. The second-order valence-corrected chi connectivity index (χ2v) is 7.22. The van der Waals surface area contributed by atoms with Gasteiger partial charge in [0.05, 0.1) is 18.8 Å². The topological polar surface area (TPSA) is 90.6 Å². The third-order valence-electron chi connectivity index (χ3n) is 4.87. The lowest BCUT2D eigenvalue weighted by Gasteiger charge is -2.17. The highest BCUT2D eigenvalue weighted by Gasteiger charge is 2.20. The summed E-state index contributed by atoms with van der Waals surface area (Å²) in [6.07, 6.45) is 0.809. The number of nitrogens with zero attached hydrogens (tertiary/aromatic N) is 4. The van der Waals surface area contributed by atoms with E-state index in [0.717, 1.165) is 17.0 Å². The van der Waals surface area contributed by atoms with E-state index in [4.69, 9.17) is 9.47 Å². The highest BCUT2D eigenvalue weighted by atomic mass is 19.1. The van der Waals surface area contributed by atoms with Crippen molar-refractivity contribution in [3.05, 3.63) is 72.6 Å². The molecule has 1 N–H and O–H groups in total. The van der Waals surface area contributed by atoms with Crippen LogP contribution in [0.15, 0.2) is 60.9 Å². The van der Waals surface area contributed by atoms with Crippen LogP contribution in [0.1, 0.15) is 25.7 Å². The molecule has 4 aromatic rings. The average Bonchev–Trinajstić information content (AvgIpc) is 3.24. The molecule has 0 aliphatic heterocycles. The van der Waals surface area contributed by atoms with Crippen molar-refractivity contribution in [1.82, 2.24) is 24.9 Å². The van der Waals surface area contributed by atoms with Gasteiger partial charge in [-0.2, -0.15) is 0 Å². The molecule has 164 valence electrons. The molecule has 1 unspecified atom stereocenters. The largest absolute Gasteiger partial charge is 0.497 e. The van der Waals surface area contributed by atoms with Gasteiger partial charge in [-0.25, -0.2) is 18.9 Å². The van der Waals surface area contributed by atoms with E-state index in [1.807, 2.05) is 30.3 Å². The van der Waals surface area contributed by atoms with Gasteiger partial charge in [0.1, 0.15) is 23.6 Å². The summed E-state index contributed by atoms with van der Waals surface area (Å²) < 4.78 is 25.3. The molecule has 0 saturated heterocycles. The summed E-state index contributed by atoms with van der Waals surface area (Å²) in [6.45, 7) is 3.41. The molecule has 0 fully saturated rings. The van der Waals surface area contributed by atoms with Crippen molar-refractivity contribution in [2.75, 3.05) is 7.11 Å². The Hall–Kier alpha value is -4.01. The first-order valence-electron chi connectivity index (χ1n) is 10.0. The predicted molar refractivity (Wildman–Crippen MR) is 116 cm³/mol. The first-order valence-corrected chi connectivity index (χ1v) is 10.0. The minimum atomic E-state index is -0.775. The number of aromatic nitrogens is 4. The van der Waals surface area contributed by atoms with E-state index in [9.17, 15) is 9.18 Å². The van der Waals surface area contributed by atoms with Gasteiger partial charge in [0.2, 0.25) is 0 Å². The van der Waals surface area contributed by atoms with E-state index in [2.05, 4.69) is 20.4 Å². The van der Waals surface area contributed by atoms with Crippen molar-refractivity contribution in [2.24, 2.45) is 0 Å². The minimum absolute atomic E-state index is 0.335. The summed E-state index contributed by atoms with van der Waals surface area (Å²) >= 11 is 0. The highest BCUT2D eigenvalue weighted by molar-refractivity contribution is 5.81. The van der Waals surface area contributed by atoms with Gasteiger partial charge in [0, 0.05) is 11.6 Å². The van der Waals surface area contributed by atoms with E-state index in [0.29, 0.717) is 17.2 Å². The first kappa shape index (κ1) is 21.2. The van der Waals surface area contributed by atoms with Crippen molar-refractivity contribution in [2.45, 2.75) is 26.0 Å². The van der Waals surface area contributed by atoms with Gasteiger partial charge in [0.25, 0.3) is 5.91 Å². The van der Waals surface area contributed by atoms with Crippen LogP contribution in [0.5, 0.6) is 11.5 Å². The van der Waals surface area contributed by atoms with Gasteiger partial charge in [-0.05, 0) is 62.4 Å². The van der Waals surface area contributed by atoms with Crippen LogP contribution in [-0.4, -0.2) is 38.7 Å². The molecule has 0 aliphatic carbocycles. The smallest absolute Gasteiger partial charge is 0.261 e. The molecule has 0 bridgehead atoms. The van der Waals surface area contributed by atoms with Crippen molar-refractivity contribution in [1.29, 1.82) is 0 Å². The molecule has 2 aromatic heterocycles. The first-order chi connectivity index (χ1) is 15.4. The molecule has 0 radical (unpaired) electrons. The predicted octanol–water partition coefficient (Wildman–Crippen LogP) is 3.58. The van der Waals surface area contributed by atoms with Crippen LogP contribution >= 0.6 is 0 Å². The van der Waals surface area contributed by atoms with Gasteiger partial charge in [-0.1, -0.05) is 0 Å². The maximum Gasteiger partial charge on any atom is 0.261 e. The fourth-order valence-corrected chi connectivity index (χ4v) is 3.08. The molecule has 8 nitrogen and oxygen atoms in total. The summed E-state index contributed by atoms with van der Waals surface area (Å²) in [4.78, 5) is 21.5. The Kier molecular flexibility index (Phi) is 5.98.